The zero-order chi connectivity index (χ0) is 24.9. The smallest absolute Gasteiger partial charge is 0.255 e. The number of aromatic amines is 1. The van der Waals surface area contributed by atoms with Crippen molar-refractivity contribution in [3.8, 4) is 16.9 Å². The van der Waals surface area contributed by atoms with E-state index in [0.29, 0.717) is 24.3 Å². The highest BCUT2D eigenvalue weighted by Crippen LogP contribution is 2.29. The number of aromatic nitrogens is 2. The molecule has 1 atom stereocenters. The second kappa shape index (κ2) is 10.6. The fourth-order valence-corrected chi connectivity index (χ4v) is 4.44. The first-order chi connectivity index (χ1) is 17.7. The maximum absolute atomic E-state index is 13.5. The number of aliphatic hydroxyl groups excluding tert-OH is 1. The Morgan fingerprint density at radius 1 is 1.06 bits per heavy atom. The van der Waals surface area contributed by atoms with Crippen molar-refractivity contribution in [1.82, 2.24) is 15.3 Å². The van der Waals surface area contributed by atoms with E-state index in [-0.39, 0.29) is 12.5 Å². The number of nitrogens with one attached hydrogen (secondary N) is 2. The predicted molar refractivity (Wildman–Crippen MR) is 143 cm³/mol. The molecule has 0 saturated heterocycles. The van der Waals surface area contributed by atoms with Crippen LogP contribution in [0.1, 0.15) is 29.3 Å². The molecule has 0 aliphatic rings. The summed E-state index contributed by atoms with van der Waals surface area (Å²) in [5, 5.41) is 15.2. The number of para-hydroxylation sites is 2. The van der Waals surface area contributed by atoms with Crippen molar-refractivity contribution in [1.29, 1.82) is 0 Å². The van der Waals surface area contributed by atoms with Gasteiger partial charge in [-0.15, -0.1) is 0 Å². The number of hydrogen-bond acceptors (Lipinski definition) is 4. The van der Waals surface area contributed by atoms with Gasteiger partial charge >= 0.3 is 0 Å². The SMILES string of the molecule is CCCOc1ccc(-c2cnc3ccccc3c2)cc1C(=O)N[C@@H](CO)Cc1c[nH]c2ccccc12. The summed E-state index contributed by atoms with van der Waals surface area (Å²) in [6.07, 6.45) is 5.09. The molecule has 1 amide bonds. The summed E-state index contributed by atoms with van der Waals surface area (Å²) in [4.78, 5) is 21.3. The molecule has 6 heteroatoms. The summed E-state index contributed by atoms with van der Waals surface area (Å²) in [7, 11) is 0. The fraction of sp³-hybridized carbons (Fsp3) is 0.200. The minimum Gasteiger partial charge on any atom is -0.493 e. The van der Waals surface area contributed by atoms with Crippen molar-refractivity contribution < 1.29 is 14.6 Å². The molecule has 36 heavy (non-hydrogen) atoms. The number of ether oxygens (including phenoxy) is 1. The van der Waals surface area contributed by atoms with E-state index in [9.17, 15) is 9.90 Å². The lowest BCUT2D eigenvalue weighted by Gasteiger charge is -2.18. The van der Waals surface area contributed by atoms with Gasteiger partial charge in [0.05, 0.1) is 30.3 Å². The average molecular weight is 480 g/mol. The van der Waals surface area contributed by atoms with Gasteiger partial charge in [0.1, 0.15) is 5.75 Å². The van der Waals surface area contributed by atoms with Crippen LogP contribution < -0.4 is 10.1 Å². The predicted octanol–water partition coefficient (Wildman–Crippen LogP) is 5.51. The van der Waals surface area contributed by atoms with Crippen LogP contribution in [-0.4, -0.2) is 40.2 Å². The van der Waals surface area contributed by atoms with E-state index in [4.69, 9.17) is 4.74 Å². The van der Waals surface area contributed by atoms with Crippen LogP contribution in [-0.2, 0) is 6.42 Å². The molecule has 0 aliphatic heterocycles. The average Bonchev–Trinajstić information content (AvgIpc) is 3.33. The summed E-state index contributed by atoms with van der Waals surface area (Å²) >= 11 is 0. The summed E-state index contributed by atoms with van der Waals surface area (Å²) in [5.74, 6) is 0.242. The van der Waals surface area contributed by atoms with Crippen molar-refractivity contribution in [2.75, 3.05) is 13.2 Å². The Hall–Kier alpha value is -4.16. The maximum atomic E-state index is 13.5. The third-order valence-corrected chi connectivity index (χ3v) is 6.31. The van der Waals surface area contributed by atoms with Crippen molar-refractivity contribution >= 4 is 27.7 Å². The lowest BCUT2D eigenvalue weighted by Crippen LogP contribution is -2.39. The maximum Gasteiger partial charge on any atom is 0.255 e. The summed E-state index contributed by atoms with van der Waals surface area (Å²) in [6, 6.07) is 23.2. The second-order valence-corrected chi connectivity index (χ2v) is 8.89. The molecular weight excluding hydrogens is 450 g/mol. The number of pyridine rings is 1. The van der Waals surface area contributed by atoms with Gasteiger partial charge in [-0.05, 0) is 54.3 Å². The number of rotatable bonds is 9. The molecule has 0 saturated carbocycles. The summed E-state index contributed by atoms with van der Waals surface area (Å²) in [5.41, 5.74) is 5.23. The zero-order valence-electron chi connectivity index (χ0n) is 20.2. The van der Waals surface area contributed by atoms with Gasteiger partial charge in [-0.2, -0.15) is 0 Å². The second-order valence-electron chi connectivity index (χ2n) is 8.89. The third-order valence-electron chi connectivity index (χ3n) is 6.31. The molecule has 6 nitrogen and oxygen atoms in total. The molecule has 5 aromatic rings. The van der Waals surface area contributed by atoms with Crippen LogP contribution >= 0.6 is 0 Å². The molecule has 182 valence electrons. The van der Waals surface area contributed by atoms with E-state index in [2.05, 4.69) is 21.4 Å². The van der Waals surface area contributed by atoms with Gasteiger partial charge in [-0.1, -0.05) is 49.4 Å². The number of fused-ring (bicyclic) bond motifs is 2. The van der Waals surface area contributed by atoms with Gasteiger partial charge in [-0.25, -0.2) is 0 Å². The molecule has 2 heterocycles. The van der Waals surface area contributed by atoms with E-state index in [1.807, 2.05) is 86.0 Å². The van der Waals surface area contributed by atoms with Crippen LogP contribution in [0.25, 0.3) is 32.9 Å². The van der Waals surface area contributed by atoms with E-state index in [1.165, 1.54) is 0 Å². The lowest BCUT2D eigenvalue weighted by atomic mass is 10.0. The molecule has 0 fully saturated rings. The number of amides is 1. The van der Waals surface area contributed by atoms with Crippen LogP contribution in [0.3, 0.4) is 0 Å². The summed E-state index contributed by atoms with van der Waals surface area (Å²) in [6.45, 7) is 2.36. The van der Waals surface area contributed by atoms with Gasteiger partial charge < -0.3 is 20.1 Å². The van der Waals surface area contributed by atoms with E-state index in [1.54, 1.807) is 0 Å². The van der Waals surface area contributed by atoms with Gasteiger partial charge in [0, 0.05) is 34.2 Å². The van der Waals surface area contributed by atoms with Crippen LogP contribution in [0.2, 0.25) is 0 Å². The molecule has 5 rings (SSSR count). The molecule has 3 aromatic carbocycles. The van der Waals surface area contributed by atoms with Crippen LogP contribution in [0.5, 0.6) is 5.75 Å². The van der Waals surface area contributed by atoms with Gasteiger partial charge in [-0.3, -0.25) is 9.78 Å². The van der Waals surface area contributed by atoms with Crippen LogP contribution in [0.4, 0.5) is 0 Å². The molecule has 3 N–H and O–H groups in total. The highest BCUT2D eigenvalue weighted by Gasteiger charge is 2.20. The Morgan fingerprint density at radius 2 is 1.89 bits per heavy atom. The number of nitrogens with zero attached hydrogens (tertiary/aromatic N) is 1. The summed E-state index contributed by atoms with van der Waals surface area (Å²) < 4.78 is 5.90. The highest BCUT2D eigenvalue weighted by molar-refractivity contribution is 5.99. The third kappa shape index (κ3) is 4.95. The molecule has 0 unspecified atom stereocenters. The Kier molecular flexibility index (Phi) is 6.96. The fourth-order valence-electron chi connectivity index (χ4n) is 4.44. The first kappa shape index (κ1) is 23.6. The number of carbonyl (C=O) groups excluding carboxylic acids is 1. The highest BCUT2D eigenvalue weighted by atomic mass is 16.5. The van der Waals surface area contributed by atoms with Crippen molar-refractivity contribution in [3.05, 3.63) is 96.3 Å². The number of carbonyl (C=O) groups is 1. The zero-order valence-corrected chi connectivity index (χ0v) is 20.2. The quantitative estimate of drug-likeness (QED) is 0.260. The topological polar surface area (TPSA) is 87.2 Å². The van der Waals surface area contributed by atoms with Crippen molar-refractivity contribution in [2.24, 2.45) is 0 Å². The Labute approximate surface area is 210 Å². The Bertz CT molecular complexity index is 1510. The van der Waals surface area contributed by atoms with E-state index >= 15 is 0 Å². The van der Waals surface area contributed by atoms with Gasteiger partial charge in [0.2, 0.25) is 0 Å². The minimum absolute atomic E-state index is 0.176. The molecule has 2 aromatic heterocycles. The number of benzene rings is 3. The number of aliphatic hydroxyl groups is 1. The Balaban J connectivity index is 1.43. The number of hydrogen-bond donors (Lipinski definition) is 3. The first-order valence-electron chi connectivity index (χ1n) is 12.2. The van der Waals surface area contributed by atoms with Crippen LogP contribution in [0, 0.1) is 0 Å². The lowest BCUT2D eigenvalue weighted by molar-refractivity contribution is 0.0912. The van der Waals surface area contributed by atoms with Crippen LogP contribution in [0.15, 0.2) is 85.2 Å². The molecule has 0 bridgehead atoms. The van der Waals surface area contributed by atoms with Crippen molar-refractivity contribution in [2.45, 2.75) is 25.8 Å². The molecule has 0 radical (unpaired) electrons. The standard InChI is InChI=1S/C30H29N3O3/c1-2-13-36-29-12-11-20(22-14-21-7-3-5-9-27(21)31-17-22)16-26(29)30(35)33-24(19-34)15-23-18-32-28-10-6-4-8-25(23)28/h3-12,14,16-18,24,32,34H,2,13,15,19H2,1H3,(H,33,35)/t24-/m1/s1. The van der Waals surface area contributed by atoms with Crippen molar-refractivity contribution in [3.63, 3.8) is 0 Å². The van der Waals surface area contributed by atoms with Gasteiger partial charge in [0.25, 0.3) is 5.91 Å². The van der Waals surface area contributed by atoms with Gasteiger partial charge in [0.15, 0.2) is 0 Å². The van der Waals surface area contributed by atoms with E-state index in [0.717, 1.165) is 44.9 Å². The minimum atomic E-state index is -0.443. The molecule has 0 aliphatic carbocycles. The molecule has 0 spiro atoms. The largest absolute Gasteiger partial charge is 0.493 e. The normalized spacial score (nSPS) is 12.1. The van der Waals surface area contributed by atoms with E-state index < -0.39 is 6.04 Å². The monoisotopic (exact) mass is 479 g/mol. The number of H-pyrrole nitrogens is 1. The molecular formula is C30H29N3O3. The Morgan fingerprint density at radius 3 is 2.75 bits per heavy atom. The first-order valence-corrected chi connectivity index (χ1v) is 12.2.